The predicted molar refractivity (Wildman–Crippen MR) is 69.5 cm³/mol. The summed E-state index contributed by atoms with van der Waals surface area (Å²) in [6.45, 7) is 1.72. The number of amides is 1. The van der Waals surface area contributed by atoms with Gasteiger partial charge in [-0.1, -0.05) is 0 Å². The lowest BCUT2D eigenvalue weighted by atomic mass is 10.3. The van der Waals surface area contributed by atoms with Crippen LogP contribution in [0.3, 0.4) is 0 Å². The Hall–Kier alpha value is -1.13. The average Bonchev–Trinajstić information content (AvgIpc) is 2.74. The van der Waals surface area contributed by atoms with E-state index in [0.29, 0.717) is 0 Å². The van der Waals surface area contributed by atoms with E-state index in [1.54, 1.807) is 17.4 Å². The highest BCUT2D eigenvalue weighted by Gasteiger charge is 1.95. The van der Waals surface area contributed by atoms with E-state index < -0.39 is 0 Å². The molecule has 0 bridgehead atoms. The smallest absolute Gasteiger partial charge is 0.244 e. The third-order valence-corrected chi connectivity index (χ3v) is 2.75. The van der Waals surface area contributed by atoms with Crippen molar-refractivity contribution in [1.82, 2.24) is 10.2 Å². The Kier molecular flexibility index (Phi) is 5.82. The molecule has 0 aliphatic rings. The molecule has 0 aliphatic heterocycles. The molecule has 0 atom stereocenters. The minimum atomic E-state index is -0.0232. The van der Waals surface area contributed by atoms with Gasteiger partial charge in [0.2, 0.25) is 5.91 Å². The van der Waals surface area contributed by atoms with Gasteiger partial charge in [0.05, 0.1) is 0 Å². The second-order valence-corrected chi connectivity index (χ2v) is 4.62. The highest BCUT2D eigenvalue weighted by molar-refractivity contribution is 7.08. The van der Waals surface area contributed by atoms with E-state index >= 15 is 0 Å². The molecule has 0 aliphatic carbocycles. The molecular formula is C12H18N2OS. The first-order valence-corrected chi connectivity index (χ1v) is 6.25. The van der Waals surface area contributed by atoms with Gasteiger partial charge >= 0.3 is 0 Å². The highest BCUT2D eigenvalue weighted by Crippen LogP contribution is 2.07. The Labute approximate surface area is 101 Å². The fourth-order valence-electron chi connectivity index (χ4n) is 1.21. The quantitative estimate of drug-likeness (QED) is 0.606. The fourth-order valence-corrected chi connectivity index (χ4v) is 1.84. The van der Waals surface area contributed by atoms with Crippen molar-refractivity contribution < 1.29 is 4.79 Å². The predicted octanol–water partition coefficient (Wildman–Crippen LogP) is 1.83. The van der Waals surface area contributed by atoms with Crippen molar-refractivity contribution in [3.63, 3.8) is 0 Å². The molecule has 0 radical (unpaired) electrons. The summed E-state index contributed by atoms with van der Waals surface area (Å²) in [4.78, 5) is 13.5. The Morgan fingerprint density at radius 3 is 3.00 bits per heavy atom. The van der Waals surface area contributed by atoms with Crippen LogP contribution in [-0.2, 0) is 4.79 Å². The maximum atomic E-state index is 11.4. The van der Waals surface area contributed by atoms with E-state index in [-0.39, 0.29) is 5.91 Å². The minimum Gasteiger partial charge on any atom is -0.353 e. The van der Waals surface area contributed by atoms with E-state index in [2.05, 4.69) is 10.2 Å². The molecule has 1 aromatic rings. The summed E-state index contributed by atoms with van der Waals surface area (Å²) in [7, 11) is 4.05. The molecule has 1 heterocycles. The van der Waals surface area contributed by atoms with Gasteiger partial charge in [-0.3, -0.25) is 4.79 Å². The summed E-state index contributed by atoms with van der Waals surface area (Å²) in [6.07, 6.45) is 4.39. The molecule has 3 nitrogen and oxygen atoms in total. The molecule has 1 amide bonds. The lowest BCUT2D eigenvalue weighted by Gasteiger charge is -2.08. The molecule has 1 aromatic heterocycles. The summed E-state index contributed by atoms with van der Waals surface area (Å²) >= 11 is 1.63. The van der Waals surface area contributed by atoms with Crippen LogP contribution in [0, 0.1) is 0 Å². The zero-order chi connectivity index (χ0) is 11.8. The van der Waals surface area contributed by atoms with Crippen molar-refractivity contribution in [2.75, 3.05) is 27.2 Å². The summed E-state index contributed by atoms with van der Waals surface area (Å²) < 4.78 is 0. The van der Waals surface area contributed by atoms with Crippen molar-refractivity contribution in [1.29, 1.82) is 0 Å². The van der Waals surface area contributed by atoms with Gasteiger partial charge < -0.3 is 10.2 Å². The molecule has 0 fully saturated rings. The van der Waals surface area contributed by atoms with Crippen molar-refractivity contribution in [3.8, 4) is 0 Å². The van der Waals surface area contributed by atoms with E-state index in [1.807, 2.05) is 37.0 Å². The van der Waals surface area contributed by atoms with Crippen LogP contribution >= 0.6 is 11.3 Å². The second kappa shape index (κ2) is 7.19. The molecule has 4 heteroatoms. The van der Waals surface area contributed by atoms with Crippen LogP contribution in [0.4, 0.5) is 0 Å². The van der Waals surface area contributed by atoms with Crippen LogP contribution in [0.15, 0.2) is 22.9 Å². The third-order valence-electron chi connectivity index (χ3n) is 2.05. The van der Waals surface area contributed by atoms with Gasteiger partial charge in [-0.2, -0.15) is 11.3 Å². The number of carbonyl (C=O) groups is 1. The molecule has 88 valence electrons. The average molecular weight is 238 g/mol. The fraction of sp³-hybridized carbons (Fsp3) is 0.417. The maximum absolute atomic E-state index is 11.4. The molecule has 1 N–H and O–H groups in total. The lowest BCUT2D eigenvalue weighted by molar-refractivity contribution is -0.116. The van der Waals surface area contributed by atoms with Gasteiger partial charge in [-0.05, 0) is 55.5 Å². The summed E-state index contributed by atoms with van der Waals surface area (Å²) in [5.74, 6) is -0.0232. The number of carbonyl (C=O) groups excluding carboxylic acids is 1. The van der Waals surface area contributed by atoms with E-state index in [9.17, 15) is 4.79 Å². The number of hydrogen-bond donors (Lipinski definition) is 1. The first-order chi connectivity index (χ1) is 7.68. The first kappa shape index (κ1) is 12.9. The Balaban J connectivity index is 2.16. The number of nitrogens with zero attached hydrogens (tertiary/aromatic N) is 1. The minimum absolute atomic E-state index is 0.0232. The Morgan fingerprint density at radius 1 is 1.56 bits per heavy atom. The van der Waals surface area contributed by atoms with Crippen LogP contribution in [0.1, 0.15) is 12.0 Å². The van der Waals surface area contributed by atoms with Gasteiger partial charge in [-0.15, -0.1) is 0 Å². The summed E-state index contributed by atoms with van der Waals surface area (Å²) in [6, 6.07) is 1.99. The molecule has 0 saturated heterocycles. The van der Waals surface area contributed by atoms with Gasteiger partial charge in [-0.25, -0.2) is 0 Å². The van der Waals surface area contributed by atoms with Crippen LogP contribution in [-0.4, -0.2) is 38.0 Å². The molecule has 16 heavy (non-hydrogen) atoms. The highest BCUT2D eigenvalue weighted by atomic mass is 32.1. The molecule has 1 rings (SSSR count). The van der Waals surface area contributed by atoms with Crippen molar-refractivity contribution >= 4 is 23.3 Å². The van der Waals surface area contributed by atoms with Gasteiger partial charge in [0.25, 0.3) is 0 Å². The van der Waals surface area contributed by atoms with Crippen molar-refractivity contribution in [3.05, 3.63) is 28.5 Å². The number of rotatable bonds is 6. The van der Waals surface area contributed by atoms with Crippen molar-refractivity contribution in [2.45, 2.75) is 6.42 Å². The lowest BCUT2D eigenvalue weighted by Crippen LogP contribution is -2.25. The van der Waals surface area contributed by atoms with E-state index in [4.69, 9.17) is 0 Å². The van der Waals surface area contributed by atoms with E-state index in [1.165, 1.54) is 0 Å². The monoisotopic (exact) mass is 238 g/mol. The van der Waals surface area contributed by atoms with E-state index in [0.717, 1.165) is 25.1 Å². The standard InChI is InChI=1S/C12H18N2OS/c1-14(2)8-3-7-13-12(15)5-4-11-6-9-16-10-11/h4-6,9-10H,3,7-8H2,1-2H3,(H,13,15)/b5-4+. The Bertz CT molecular complexity index is 331. The third kappa shape index (κ3) is 5.68. The zero-order valence-corrected chi connectivity index (χ0v) is 10.6. The number of thiophene rings is 1. The zero-order valence-electron chi connectivity index (χ0n) is 9.77. The first-order valence-electron chi connectivity index (χ1n) is 5.31. The SMILES string of the molecule is CN(C)CCCNC(=O)/C=C/c1ccsc1. The van der Waals surface area contributed by atoms with Gasteiger partial charge in [0, 0.05) is 12.6 Å². The normalized spacial score (nSPS) is 11.2. The summed E-state index contributed by atoms with van der Waals surface area (Å²) in [5, 5.41) is 6.86. The van der Waals surface area contributed by atoms with Gasteiger partial charge in [0.1, 0.15) is 0 Å². The van der Waals surface area contributed by atoms with Crippen LogP contribution in [0.25, 0.3) is 6.08 Å². The topological polar surface area (TPSA) is 32.3 Å². The molecular weight excluding hydrogens is 220 g/mol. The number of nitrogens with one attached hydrogen (secondary N) is 1. The molecule has 0 unspecified atom stereocenters. The second-order valence-electron chi connectivity index (χ2n) is 3.84. The number of hydrogen-bond acceptors (Lipinski definition) is 3. The van der Waals surface area contributed by atoms with Crippen LogP contribution in [0.2, 0.25) is 0 Å². The Morgan fingerprint density at radius 2 is 2.38 bits per heavy atom. The summed E-state index contributed by atoms with van der Waals surface area (Å²) in [5.41, 5.74) is 1.08. The van der Waals surface area contributed by atoms with Crippen LogP contribution in [0.5, 0.6) is 0 Å². The largest absolute Gasteiger partial charge is 0.353 e. The molecule has 0 aromatic carbocycles. The van der Waals surface area contributed by atoms with Crippen LogP contribution < -0.4 is 5.32 Å². The molecule has 0 spiro atoms. The molecule has 0 saturated carbocycles. The maximum Gasteiger partial charge on any atom is 0.244 e. The van der Waals surface area contributed by atoms with Gasteiger partial charge in [0.15, 0.2) is 0 Å². The van der Waals surface area contributed by atoms with Crippen molar-refractivity contribution in [2.24, 2.45) is 0 Å².